The Morgan fingerprint density at radius 2 is 2.20 bits per heavy atom. The predicted octanol–water partition coefficient (Wildman–Crippen LogP) is 2.52. The number of para-hydroxylation sites is 1. The summed E-state index contributed by atoms with van der Waals surface area (Å²) in [5.41, 5.74) is 0.337. The van der Waals surface area contributed by atoms with Crippen LogP contribution in [0.1, 0.15) is 31.7 Å². The molecule has 1 heterocycles. The number of aliphatic carboxylic acids is 1. The Morgan fingerprint density at radius 3 is 2.92 bits per heavy atom. The zero-order valence-corrected chi connectivity index (χ0v) is 14.7. The Balaban J connectivity index is 1.53. The number of benzene rings is 1. The average molecular weight is 346 g/mol. The summed E-state index contributed by atoms with van der Waals surface area (Å²) in [6, 6.07) is 7.65. The molecule has 0 bridgehead atoms. The standard InChI is InChI=1S/C19H26N2O4/c1-2-25-16-8-4-3-6-14(16)9-11-20-18(24)21-12-15-7-5-10-19(15,13-21)17(22)23/h3-4,6,8,15H,2,5,7,9-13H2,1H3,(H,20,24)(H,22,23)/t15-,19+/m0/s1. The van der Waals surface area contributed by atoms with Crippen molar-refractivity contribution in [1.29, 1.82) is 0 Å². The van der Waals surface area contributed by atoms with Crippen LogP contribution in [0, 0.1) is 11.3 Å². The van der Waals surface area contributed by atoms with Gasteiger partial charge in [0.1, 0.15) is 5.75 Å². The molecule has 1 aromatic rings. The summed E-state index contributed by atoms with van der Waals surface area (Å²) in [6.07, 6.45) is 3.21. The molecule has 136 valence electrons. The number of carbonyl (C=O) groups is 2. The van der Waals surface area contributed by atoms with E-state index in [1.807, 2.05) is 31.2 Å². The maximum atomic E-state index is 12.4. The first kappa shape index (κ1) is 17.6. The van der Waals surface area contributed by atoms with E-state index in [0.717, 1.165) is 24.2 Å². The number of carboxylic acid groups (broad SMARTS) is 1. The fraction of sp³-hybridized carbons (Fsp3) is 0.579. The maximum Gasteiger partial charge on any atom is 0.317 e. The number of urea groups is 1. The second kappa shape index (κ2) is 7.33. The van der Waals surface area contributed by atoms with Gasteiger partial charge in [0.15, 0.2) is 0 Å². The number of hydrogen-bond acceptors (Lipinski definition) is 3. The van der Waals surface area contributed by atoms with Crippen LogP contribution in [-0.4, -0.2) is 48.2 Å². The lowest BCUT2D eigenvalue weighted by Crippen LogP contribution is -2.42. The van der Waals surface area contributed by atoms with Crippen molar-refractivity contribution >= 4 is 12.0 Å². The lowest BCUT2D eigenvalue weighted by molar-refractivity contribution is -0.149. The molecule has 2 aliphatic rings. The lowest BCUT2D eigenvalue weighted by Gasteiger charge is -2.23. The number of hydrogen-bond donors (Lipinski definition) is 2. The van der Waals surface area contributed by atoms with Crippen LogP contribution in [0.4, 0.5) is 4.79 Å². The third-order valence-corrected chi connectivity index (χ3v) is 5.53. The van der Waals surface area contributed by atoms with E-state index in [0.29, 0.717) is 39.1 Å². The highest BCUT2D eigenvalue weighted by Gasteiger charge is 2.55. The van der Waals surface area contributed by atoms with Gasteiger partial charge in [0.2, 0.25) is 0 Å². The van der Waals surface area contributed by atoms with E-state index in [4.69, 9.17) is 4.74 Å². The quantitative estimate of drug-likeness (QED) is 0.830. The molecule has 1 saturated heterocycles. The number of amides is 2. The molecular formula is C19H26N2O4. The van der Waals surface area contributed by atoms with E-state index < -0.39 is 11.4 Å². The molecular weight excluding hydrogens is 320 g/mol. The van der Waals surface area contributed by atoms with Gasteiger partial charge in [-0.3, -0.25) is 4.79 Å². The number of rotatable bonds is 6. The maximum absolute atomic E-state index is 12.4. The highest BCUT2D eigenvalue weighted by Crippen LogP contribution is 2.48. The van der Waals surface area contributed by atoms with Crippen LogP contribution in [0.2, 0.25) is 0 Å². The second-order valence-electron chi connectivity index (χ2n) is 6.95. The molecule has 0 aromatic heterocycles. The normalized spacial score (nSPS) is 24.8. The largest absolute Gasteiger partial charge is 0.494 e. The van der Waals surface area contributed by atoms with Crippen molar-refractivity contribution < 1.29 is 19.4 Å². The van der Waals surface area contributed by atoms with E-state index in [2.05, 4.69) is 5.32 Å². The van der Waals surface area contributed by atoms with E-state index in [1.165, 1.54) is 0 Å². The minimum absolute atomic E-state index is 0.0921. The summed E-state index contributed by atoms with van der Waals surface area (Å²) >= 11 is 0. The number of nitrogens with one attached hydrogen (secondary N) is 1. The molecule has 1 aliphatic carbocycles. The van der Waals surface area contributed by atoms with Crippen molar-refractivity contribution in [2.75, 3.05) is 26.2 Å². The third kappa shape index (κ3) is 3.43. The molecule has 1 aliphatic heterocycles. The summed E-state index contributed by atoms with van der Waals surface area (Å²) < 4.78 is 5.60. The van der Waals surface area contributed by atoms with Gasteiger partial charge in [-0.1, -0.05) is 24.6 Å². The van der Waals surface area contributed by atoms with E-state index in [1.54, 1.807) is 4.90 Å². The zero-order valence-electron chi connectivity index (χ0n) is 14.7. The van der Waals surface area contributed by atoms with Crippen molar-refractivity contribution in [2.24, 2.45) is 11.3 Å². The smallest absolute Gasteiger partial charge is 0.317 e. The van der Waals surface area contributed by atoms with Crippen molar-refractivity contribution in [1.82, 2.24) is 10.2 Å². The molecule has 3 rings (SSSR count). The number of carbonyl (C=O) groups excluding carboxylic acids is 1. The molecule has 6 heteroatoms. The fourth-order valence-electron chi connectivity index (χ4n) is 4.22. The van der Waals surface area contributed by atoms with Gasteiger partial charge in [-0.2, -0.15) is 0 Å². The Labute approximate surface area is 148 Å². The van der Waals surface area contributed by atoms with Gasteiger partial charge in [-0.15, -0.1) is 0 Å². The van der Waals surface area contributed by atoms with Gasteiger partial charge in [0.25, 0.3) is 0 Å². The van der Waals surface area contributed by atoms with Crippen LogP contribution < -0.4 is 10.1 Å². The Bertz CT molecular complexity index is 648. The van der Waals surface area contributed by atoms with Gasteiger partial charge >= 0.3 is 12.0 Å². The van der Waals surface area contributed by atoms with E-state index in [-0.39, 0.29) is 11.9 Å². The first-order valence-electron chi connectivity index (χ1n) is 9.03. The number of carboxylic acids is 1. The van der Waals surface area contributed by atoms with Gasteiger partial charge < -0.3 is 20.1 Å². The first-order valence-corrected chi connectivity index (χ1v) is 9.03. The molecule has 25 heavy (non-hydrogen) atoms. The van der Waals surface area contributed by atoms with E-state index >= 15 is 0 Å². The van der Waals surface area contributed by atoms with Crippen LogP contribution >= 0.6 is 0 Å². The minimum atomic E-state index is -0.754. The lowest BCUT2D eigenvalue weighted by atomic mass is 9.81. The molecule has 0 unspecified atom stereocenters. The molecule has 2 amide bonds. The van der Waals surface area contributed by atoms with Crippen LogP contribution in [0.15, 0.2) is 24.3 Å². The molecule has 2 atom stereocenters. The van der Waals surface area contributed by atoms with Crippen molar-refractivity contribution in [3.05, 3.63) is 29.8 Å². The highest BCUT2D eigenvalue weighted by molar-refractivity contribution is 5.80. The van der Waals surface area contributed by atoms with Crippen LogP contribution in [0.3, 0.4) is 0 Å². The van der Waals surface area contributed by atoms with Crippen molar-refractivity contribution in [3.63, 3.8) is 0 Å². The van der Waals surface area contributed by atoms with Gasteiger partial charge in [-0.05, 0) is 43.7 Å². The summed E-state index contributed by atoms with van der Waals surface area (Å²) in [5, 5.41) is 12.5. The van der Waals surface area contributed by atoms with Crippen LogP contribution in [-0.2, 0) is 11.2 Å². The number of likely N-dealkylation sites (tertiary alicyclic amines) is 1. The molecule has 0 spiro atoms. The Kier molecular flexibility index (Phi) is 5.16. The second-order valence-corrected chi connectivity index (χ2v) is 6.95. The number of nitrogens with zero attached hydrogens (tertiary/aromatic N) is 1. The van der Waals surface area contributed by atoms with Crippen LogP contribution in [0.5, 0.6) is 5.75 Å². The summed E-state index contributed by atoms with van der Waals surface area (Å²) in [4.78, 5) is 25.8. The van der Waals surface area contributed by atoms with Gasteiger partial charge in [0.05, 0.1) is 12.0 Å². The Morgan fingerprint density at radius 1 is 1.40 bits per heavy atom. The summed E-state index contributed by atoms with van der Waals surface area (Å²) in [6.45, 7) is 3.93. The van der Waals surface area contributed by atoms with Crippen molar-refractivity contribution in [3.8, 4) is 5.75 Å². The van der Waals surface area contributed by atoms with Gasteiger partial charge in [0, 0.05) is 19.6 Å². The minimum Gasteiger partial charge on any atom is -0.494 e. The zero-order chi connectivity index (χ0) is 17.9. The molecule has 0 radical (unpaired) electrons. The summed E-state index contributed by atoms with van der Waals surface area (Å²) in [7, 11) is 0. The number of ether oxygens (including phenoxy) is 1. The highest BCUT2D eigenvalue weighted by atomic mass is 16.5. The van der Waals surface area contributed by atoms with Gasteiger partial charge in [-0.25, -0.2) is 4.79 Å². The van der Waals surface area contributed by atoms with Crippen LogP contribution in [0.25, 0.3) is 0 Å². The van der Waals surface area contributed by atoms with E-state index in [9.17, 15) is 14.7 Å². The Hall–Kier alpha value is -2.24. The molecule has 2 N–H and O–H groups in total. The fourth-order valence-corrected chi connectivity index (χ4v) is 4.22. The molecule has 2 fully saturated rings. The molecule has 1 aromatic carbocycles. The predicted molar refractivity (Wildman–Crippen MR) is 93.7 cm³/mol. The molecule has 1 saturated carbocycles. The SMILES string of the molecule is CCOc1ccccc1CCNC(=O)N1C[C@@H]2CCC[C@@]2(C(=O)O)C1. The monoisotopic (exact) mass is 346 g/mol. The third-order valence-electron chi connectivity index (χ3n) is 5.53. The number of fused-ring (bicyclic) bond motifs is 1. The first-order chi connectivity index (χ1) is 12.1. The topological polar surface area (TPSA) is 78.9 Å². The summed E-state index contributed by atoms with van der Waals surface area (Å²) in [5.74, 6) is 0.185. The average Bonchev–Trinajstić information content (AvgIpc) is 3.15. The molecule has 6 nitrogen and oxygen atoms in total. The van der Waals surface area contributed by atoms with Crippen molar-refractivity contribution in [2.45, 2.75) is 32.6 Å².